The lowest BCUT2D eigenvalue weighted by Gasteiger charge is -2.50. The number of aliphatic hydroxyl groups is 1. The summed E-state index contributed by atoms with van der Waals surface area (Å²) in [6.45, 7) is 8.82. The number of carbonyl (C=O) groups is 1. The van der Waals surface area contributed by atoms with E-state index in [0.29, 0.717) is 19.0 Å². The van der Waals surface area contributed by atoms with Crippen molar-refractivity contribution in [2.75, 3.05) is 19.7 Å². The van der Waals surface area contributed by atoms with Crippen LogP contribution in [-0.2, 0) is 16.1 Å². The summed E-state index contributed by atoms with van der Waals surface area (Å²) in [6, 6.07) is 10.3. The topological polar surface area (TPSA) is 49.8 Å². The molecule has 4 nitrogen and oxygen atoms in total. The SMILES string of the molecule is C=C1CCC[C@]2(C)C[C@H]3OC(=O)[C@@H](CN(CCO)Cc4ccccc4)[C@H]3C[C@@H]12. The second-order valence-electron chi connectivity index (χ2n) is 9.35. The largest absolute Gasteiger partial charge is 0.462 e. The van der Waals surface area contributed by atoms with Crippen LogP contribution < -0.4 is 0 Å². The van der Waals surface area contributed by atoms with Gasteiger partial charge in [0.1, 0.15) is 6.10 Å². The minimum absolute atomic E-state index is 0.0427. The Hall–Kier alpha value is -1.65. The lowest BCUT2D eigenvalue weighted by molar-refractivity contribution is -0.146. The molecular weight excluding hydrogens is 350 g/mol. The number of ether oxygens (including phenoxy) is 1. The first-order chi connectivity index (χ1) is 13.5. The molecule has 1 aromatic carbocycles. The van der Waals surface area contributed by atoms with Gasteiger partial charge in [0, 0.05) is 25.6 Å². The summed E-state index contributed by atoms with van der Waals surface area (Å²) in [6.07, 6.45) is 5.60. The van der Waals surface area contributed by atoms with Gasteiger partial charge in [0.2, 0.25) is 0 Å². The van der Waals surface area contributed by atoms with Crippen LogP contribution in [0.5, 0.6) is 0 Å². The van der Waals surface area contributed by atoms with Gasteiger partial charge in [-0.3, -0.25) is 9.69 Å². The van der Waals surface area contributed by atoms with Crippen molar-refractivity contribution >= 4 is 5.97 Å². The van der Waals surface area contributed by atoms with Gasteiger partial charge in [-0.15, -0.1) is 0 Å². The standard InChI is InChI=1S/C24H33NO3/c1-17-7-6-10-24(2)14-22-19(13-21(17)24)20(23(27)28-22)16-25(11-12-26)15-18-8-4-3-5-9-18/h3-5,8-9,19-22,26H,1,6-7,10-16H2,2H3/t19-,20+,21+,22-,24-/m1/s1. The third-order valence-corrected chi connectivity index (χ3v) is 7.44. The van der Waals surface area contributed by atoms with E-state index in [-0.39, 0.29) is 35.9 Å². The highest BCUT2D eigenvalue weighted by Crippen LogP contribution is 2.56. The molecule has 0 unspecified atom stereocenters. The van der Waals surface area contributed by atoms with Crippen molar-refractivity contribution < 1.29 is 14.6 Å². The zero-order valence-electron chi connectivity index (χ0n) is 17.0. The Balaban J connectivity index is 1.49. The Morgan fingerprint density at radius 2 is 2.11 bits per heavy atom. The molecule has 0 radical (unpaired) electrons. The fourth-order valence-electron chi connectivity index (χ4n) is 5.96. The first kappa shape index (κ1) is 19.7. The molecule has 4 rings (SSSR count). The van der Waals surface area contributed by atoms with Crippen LogP contribution in [0.15, 0.2) is 42.5 Å². The molecule has 28 heavy (non-hydrogen) atoms. The molecule has 3 aliphatic rings. The Labute approximate surface area is 168 Å². The molecular formula is C24H33NO3. The molecule has 1 N–H and O–H groups in total. The maximum Gasteiger partial charge on any atom is 0.310 e. The fraction of sp³-hybridized carbons (Fsp3) is 0.625. The van der Waals surface area contributed by atoms with Crippen LogP contribution in [0.4, 0.5) is 0 Å². The van der Waals surface area contributed by atoms with Crippen LogP contribution in [0.2, 0.25) is 0 Å². The molecule has 0 bridgehead atoms. The number of allylic oxidation sites excluding steroid dienone is 1. The second-order valence-corrected chi connectivity index (χ2v) is 9.35. The number of hydrogen-bond acceptors (Lipinski definition) is 4. The van der Waals surface area contributed by atoms with Gasteiger partial charge in [0.15, 0.2) is 0 Å². The molecule has 4 heteroatoms. The minimum Gasteiger partial charge on any atom is -0.462 e. The average Bonchev–Trinajstić information content (AvgIpc) is 2.95. The van der Waals surface area contributed by atoms with E-state index < -0.39 is 0 Å². The lowest BCUT2D eigenvalue weighted by Crippen LogP contribution is -2.45. The van der Waals surface area contributed by atoms with Crippen molar-refractivity contribution in [2.45, 2.75) is 51.7 Å². The van der Waals surface area contributed by atoms with Crippen LogP contribution >= 0.6 is 0 Å². The molecule has 5 atom stereocenters. The normalized spacial score (nSPS) is 34.8. The summed E-state index contributed by atoms with van der Waals surface area (Å²) in [5.74, 6) is 0.649. The van der Waals surface area contributed by atoms with E-state index in [2.05, 4.69) is 30.5 Å². The van der Waals surface area contributed by atoms with Gasteiger partial charge in [-0.1, -0.05) is 49.4 Å². The van der Waals surface area contributed by atoms with Gasteiger partial charge in [-0.25, -0.2) is 0 Å². The fourth-order valence-corrected chi connectivity index (χ4v) is 5.96. The van der Waals surface area contributed by atoms with Gasteiger partial charge in [-0.2, -0.15) is 0 Å². The van der Waals surface area contributed by atoms with Crippen LogP contribution in [0.1, 0.15) is 44.6 Å². The van der Waals surface area contributed by atoms with Crippen molar-refractivity contribution in [3.63, 3.8) is 0 Å². The highest BCUT2D eigenvalue weighted by Gasteiger charge is 2.55. The summed E-state index contributed by atoms with van der Waals surface area (Å²) in [7, 11) is 0. The summed E-state index contributed by atoms with van der Waals surface area (Å²) < 4.78 is 5.90. The highest BCUT2D eigenvalue weighted by molar-refractivity contribution is 5.75. The monoisotopic (exact) mass is 383 g/mol. The van der Waals surface area contributed by atoms with Gasteiger partial charge in [0.25, 0.3) is 0 Å². The van der Waals surface area contributed by atoms with E-state index in [1.54, 1.807) is 0 Å². The maximum atomic E-state index is 12.8. The van der Waals surface area contributed by atoms with Gasteiger partial charge in [-0.05, 0) is 49.0 Å². The molecule has 0 aromatic heterocycles. The summed E-state index contributed by atoms with van der Waals surface area (Å²) in [4.78, 5) is 15.0. The van der Waals surface area contributed by atoms with Crippen molar-refractivity contribution in [1.82, 2.24) is 4.90 Å². The minimum atomic E-state index is -0.0976. The van der Waals surface area contributed by atoms with Gasteiger partial charge in [0.05, 0.1) is 12.5 Å². The number of benzene rings is 1. The first-order valence-electron chi connectivity index (χ1n) is 10.8. The zero-order chi connectivity index (χ0) is 19.7. The van der Waals surface area contributed by atoms with E-state index in [4.69, 9.17) is 4.74 Å². The van der Waals surface area contributed by atoms with Crippen LogP contribution in [0, 0.1) is 23.2 Å². The highest BCUT2D eigenvalue weighted by atomic mass is 16.6. The smallest absolute Gasteiger partial charge is 0.310 e. The molecule has 0 amide bonds. The van der Waals surface area contributed by atoms with E-state index in [1.165, 1.54) is 24.0 Å². The molecule has 1 heterocycles. The molecule has 1 aliphatic heterocycles. The average molecular weight is 384 g/mol. The molecule has 2 saturated carbocycles. The number of carbonyl (C=O) groups excluding carboxylic acids is 1. The summed E-state index contributed by atoms with van der Waals surface area (Å²) in [5, 5.41) is 9.54. The summed E-state index contributed by atoms with van der Waals surface area (Å²) in [5.41, 5.74) is 2.82. The van der Waals surface area contributed by atoms with Gasteiger partial charge < -0.3 is 9.84 Å². The Kier molecular flexibility index (Phi) is 5.62. The molecule has 1 aromatic rings. The lowest BCUT2D eigenvalue weighted by atomic mass is 9.55. The number of rotatable bonds is 6. The predicted octanol–water partition coefficient (Wildman–Crippen LogP) is 3.80. The summed E-state index contributed by atoms with van der Waals surface area (Å²) >= 11 is 0. The van der Waals surface area contributed by atoms with Crippen LogP contribution in [0.3, 0.4) is 0 Å². The third kappa shape index (κ3) is 3.77. The van der Waals surface area contributed by atoms with Crippen molar-refractivity contribution in [2.24, 2.45) is 23.2 Å². The Morgan fingerprint density at radius 3 is 2.86 bits per heavy atom. The molecule has 3 fully saturated rings. The third-order valence-electron chi connectivity index (χ3n) is 7.44. The number of nitrogens with zero attached hydrogens (tertiary/aromatic N) is 1. The molecule has 152 valence electrons. The van der Waals surface area contributed by atoms with E-state index in [1.807, 2.05) is 18.2 Å². The quantitative estimate of drug-likeness (QED) is 0.600. The van der Waals surface area contributed by atoms with Crippen LogP contribution in [-0.4, -0.2) is 41.8 Å². The Bertz CT molecular complexity index is 718. The Morgan fingerprint density at radius 1 is 1.32 bits per heavy atom. The van der Waals surface area contributed by atoms with E-state index in [0.717, 1.165) is 25.8 Å². The predicted molar refractivity (Wildman–Crippen MR) is 109 cm³/mol. The molecule has 2 aliphatic carbocycles. The number of hydrogen-bond donors (Lipinski definition) is 1. The number of fused-ring (bicyclic) bond motifs is 2. The first-order valence-corrected chi connectivity index (χ1v) is 10.8. The van der Waals surface area contributed by atoms with Crippen molar-refractivity contribution in [1.29, 1.82) is 0 Å². The van der Waals surface area contributed by atoms with Gasteiger partial charge >= 0.3 is 5.97 Å². The van der Waals surface area contributed by atoms with E-state index >= 15 is 0 Å². The number of esters is 1. The number of aliphatic hydroxyl groups excluding tert-OH is 1. The maximum absolute atomic E-state index is 12.8. The second kappa shape index (κ2) is 8.00. The van der Waals surface area contributed by atoms with Crippen molar-refractivity contribution in [3.8, 4) is 0 Å². The van der Waals surface area contributed by atoms with E-state index in [9.17, 15) is 9.90 Å². The molecule has 0 spiro atoms. The van der Waals surface area contributed by atoms with Crippen molar-refractivity contribution in [3.05, 3.63) is 48.0 Å². The molecule has 1 saturated heterocycles. The van der Waals surface area contributed by atoms with Crippen LogP contribution in [0.25, 0.3) is 0 Å². The zero-order valence-corrected chi connectivity index (χ0v) is 17.0.